The zero-order valence-electron chi connectivity index (χ0n) is 12.0. The second-order valence-corrected chi connectivity index (χ2v) is 5.31. The molecule has 21 heavy (non-hydrogen) atoms. The Morgan fingerprint density at radius 2 is 2.33 bits per heavy atom. The summed E-state index contributed by atoms with van der Waals surface area (Å²) in [6.45, 7) is 0.614. The minimum atomic E-state index is -0.933. The van der Waals surface area contributed by atoms with Crippen LogP contribution in [-0.4, -0.2) is 32.4 Å². The number of hydrogen-bond acceptors (Lipinski definition) is 4. The molecule has 110 valence electrons. The molecule has 2 heterocycles. The van der Waals surface area contributed by atoms with Crippen molar-refractivity contribution in [2.75, 3.05) is 11.9 Å². The van der Waals surface area contributed by atoms with Gasteiger partial charge >= 0.3 is 5.97 Å². The molecule has 0 aliphatic heterocycles. The van der Waals surface area contributed by atoms with Crippen LogP contribution >= 0.6 is 0 Å². The molecule has 0 amide bonds. The van der Waals surface area contributed by atoms with Crippen molar-refractivity contribution in [2.24, 2.45) is 7.05 Å². The van der Waals surface area contributed by atoms with E-state index in [-0.39, 0.29) is 5.56 Å². The third-order valence-electron chi connectivity index (χ3n) is 3.72. The number of aromatic nitrogens is 3. The average Bonchev–Trinajstić information content (AvgIpc) is 3.06. The van der Waals surface area contributed by atoms with Crippen molar-refractivity contribution in [3.63, 3.8) is 0 Å². The van der Waals surface area contributed by atoms with Gasteiger partial charge in [0.25, 0.3) is 0 Å². The van der Waals surface area contributed by atoms with Crippen LogP contribution in [0.2, 0.25) is 0 Å². The summed E-state index contributed by atoms with van der Waals surface area (Å²) in [5.41, 5.74) is 3.34. The standard InChI is InChI=1S/C15H18N4O2/c1-19-8-6-11(18-19)5-7-16-14-12(15(20)21)9-10-3-2-4-13(10)17-14/h6,8-9H,2-5,7H2,1H3,(H,16,17)(H,20,21). The minimum Gasteiger partial charge on any atom is -0.478 e. The van der Waals surface area contributed by atoms with Crippen LogP contribution in [0.5, 0.6) is 0 Å². The number of pyridine rings is 1. The van der Waals surface area contributed by atoms with E-state index >= 15 is 0 Å². The molecule has 0 aromatic carbocycles. The number of rotatable bonds is 5. The number of carboxylic acid groups (broad SMARTS) is 1. The number of nitrogens with one attached hydrogen (secondary N) is 1. The van der Waals surface area contributed by atoms with Gasteiger partial charge < -0.3 is 10.4 Å². The van der Waals surface area contributed by atoms with Gasteiger partial charge in [-0.15, -0.1) is 0 Å². The first kappa shape index (κ1) is 13.6. The maximum atomic E-state index is 11.4. The molecular weight excluding hydrogens is 268 g/mol. The van der Waals surface area contributed by atoms with Gasteiger partial charge in [0.2, 0.25) is 0 Å². The van der Waals surface area contributed by atoms with Gasteiger partial charge in [-0.05, 0) is 37.0 Å². The first-order chi connectivity index (χ1) is 10.1. The van der Waals surface area contributed by atoms with E-state index in [4.69, 9.17) is 0 Å². The molecule has 0 saturated carbocycles. The predicted octanol–water partition coefficient (Wildman–Crippen LogP) is 1.66. The number of hydrogen-bond donors (Lipinski definition) is 2. The lowest BCUT2D eigenvalue weighted by Crippen LogP contribution is -2.13. The summed E-state index contributed by atoms with van der Waals surface area (Å²) >= 11 is 0. The molecule has 0 atom stereocenters. The van der Waals surface area contributed by atoms with Gasteiger partial charge in [-0.2, -0.15) is 5.10 Å². The molecule has 0 fully saturated rings. The highest BCUT2D eigenvalue weighted by Crippen LogP contribution is 2.25. The van der Waals surface area contributed by atoms with Crippen LogP contribution in [0.4, 0.5) is 5.82 Å². The number of carboxylic acids is 1. The molecule has 2 aromatic rings. The van der Waals surface area contributed by atoms with Gasteiger partial charge in [0, 0.05) is 31.9 Å². The van der Waals surface area contributed by atoms with E-state index in [0.29, 0.717) is 12.4 Å². The molecule has 0 spiro atoms. The van der Waals surface area contributed by atoms with Crippen LogP contribution in [0.1, 0.15) is 33.7 Å². The zero-order valence-corrected chi connectivity index (χ0v) is 12.0. The van der Waals surface area contributed by atoms with E-state index in [0.717, 1.165) is 42.6 Å². The number of fused-ring (bicyclic) bond motifs is 1. The fourth-order valence-corrected chi connectivity index (χ4v) is 2.68. The summed E-state index contributed by atoms with van der Waals surface area (Å²) in [5.74, 6) is -0.461. The predicted molar refractivity (Wildman–Crippen MR) is 78.6 cm³/mol. The van der Waals surface area contributed by atoms with Crippen LogP contribution in [0.3, 0.4) is 0 Å². The normalized spacial score (nSPS) is 13.2. The molecule has 1 aliphatic rings. The van der Waals surface area contributed by atoms with Crippen LogP contribution in [0.15, 0.2) is 18.3 Å². The van der Waals surface area contributed by atoms with Crippen molar-refractivity contribution in [1.82, 2.24) is 14.8 Å². The molecular formula is C15H18N4O2. The third kappa shape index (κ3) is 2.89. The summed E-state index contributed by atoms with van der Waals surface area (Å²) in [6, 6.07) is 3.72. The Morgan fingerprint density at radius 1 is 1.48 bits per heavy atom. The number of anilines is 1. The van der Waals surface area contributed by atoms with Gasteiger partial charge in [-0.25, -0.2) is 9.78 Å². The molecule has 2 N–H and O–H groups in total. The highest BCUT2D eigenvalue weighted by atomic mass is 16.4. The largest absolute Gasteiger partial charge is 0.478 e. The SMILES string of the molecule is Cn1ccc(CCNc2nc3c(cc2C(=O)O)CCC3)n1. The third-order valence-corrected chi connectivity index (χ3v) is 3.72. The topological polar surface area (TPSA) is 80.0 Å². The van der Waals surface area contributed by atoms with Crippen molar-refractivity contribution in [3.8, 4) is 0 Å². The quantitative estimate of drug-likeness (QED) is 0.873. The summed E-state index contributed by atoms with van der Waals surface area (Å²) in [6.07, 6.45) is 5.55. The maximum Gasteiger partial charge on any atom is 0.339 e. The Kier molecular flexibility index (Phi) is 3.60. The van der Waals surface area contributed by atoms with Gasteiger partial charge in [0.15, 0.2) is 0 Å². The van der Waals surface area contributed by atoms with E-state index in [1.807, 2.05) is 19.3 Å². The Labute approximate surface area is 122 Å². The molecule has 1 aliphatic carbocycles. The lowest BCUT2D eigenvalue weighted by molar-refractivity contribution is 0.0697. The fourth-order valence-electron chi connectivity index (χ4n) is 2.68. The Morgan fingerprint density at radius 3 is 3.05 bits per heavy atom. The van der Waals surface area contributed by atoms with Gasteiger partial charge in [-0.1, -0.05) is 0 Å². The molecule has 0 unspecified atom stereocenters. The molecule has 0 saturated heterocycles. The first-order valence-corrected chi connectivity index (χ1v) is 7.12. The summed E-state index contributed by atoms with van der Waals surface area (Å²) in [7, 11) is 1.88. The minimum absolute atomic E-state index is 0.261. The lowest BCUT2D eigenvalue weighted by Gasteiger charge is -2.10. The molecule has 6 heteroatoms. The van der Waals surface area contributed by atoms with E-state index in [2.05, 4.69) is 15.4 Å². The summed E-state index contributed by atoms with van der Waals surface area (Å²) in [4.78, 5) is 15.9. The Balaban J connectivity index is 1.73. The van der Waals surface area contributed by atoms with E-state index in [1.165, 1.54) is 0 Å². The molecule has 0 radical (unpaired) electrons. The highest BCUT2D eigenvalue weighted by molar-refractivity contribution is 5.93. The van der Waals surface area contributed by atoms with Gasteiger partial charge in [0.1, 0.15) is 11.4 Å². The van der Waals surface area contributed by atoms with E-state index in [9.17, 15) is 9.90 Å². The fraction of sp³-hybridized carbons (Fsp3) is 0.400. The van der Waals surface area contributed by atoms with Gasteiger partial charge in [0.05, 0.1) is 5.69 Å². The number of nitrogens with zero attached hydrogens (tertiary/aromatic N) is 3. The lowest BCUT2D eigenvalue weighted by atomic mass is 10.1. The second-order valence-electron chi connectivity index (χ2n) is 5.31. The molecule has 3 rings (SSSR count). The van der Waals surface area contributed by atoms with Gasteiger partial charge in [-0.3, -0.25) is 4.68 Å². The molecule has 2 aromatic heterocycles. The zero-order chi connectivity index (χ0) is 14.8. The first-order valence-electron chi connectivity index (χ1n) is 7.12. The number of carbonyl (C=O) groups is 1. The smallest absolute Gasteiger partial charge is 0.339 e. The van der Waals surface area contributed by atoms with Crippen LogP contribution < -0.4 is 5.32 Å². The van der Waals surface area contributed by atoms with Crippen molar-refractivity contribution in [2.45, 2.75) is 25.7 Å². The average molecular weight is 286 g/mol. The Hall–Kier alpha value is -2.37. The maximum absolute atomic E-state index is 11.4. The van der Waals surface area contributed by atoms with Crippen LogP contribution in [0.25, 0.3) is 0 Å². The number of aromatic carboxylic acids is 1. The van der Waals surface area contributed by atoms with Crippen molar-refractivity contribution >= 4 is 11.8 Å². The van der Waals surface area contributed by atoms with Crippen LogP contribution in [0, 0.1) is 0 Å². The molecule has 0 bridgehead atoms. The van der Waals surface area contributed by atoms with Crippen molar-refractivity contribution in [3.05, 3.63) is 40.8 Å². The number of aryl methyl sites for hydroxylation is 3. The van der Waals surface area contributed by atoms with E-state index in [1.54, 1.807) is 10.7 Å². The Bertz CT molecular complexity index is 678. The molecule has 6 nitrogen and oxygen atoms in total. The van der Waals surface area contributed by atoms with Crippen molar-refractivity contribution < 1.29 is 9.90 Å². The second kappa shape index (κ2) is 5.55. The van der Waals surface area contributed by atoms with E-state index < -0.39 is 5.97 Å². The van der Waals surface area contributed by atoms with Crippen LogP contribution in [-0.2, 0) is 26.3 Å². The monoisotopic (exact) mass is 286 g/mol. The van der Waals surface area contributed by atoms with Crippen molar-refractivity contribution in [1.29, 1.82) is 0 Å². The summed E-state index contributed by atoms with van der Waals surface area (Å²) < 4.78 is 1.76. The summed E-state index contributed by atoms with van der Waals surface area (Å²) in [5, 5.41) is 16.8. The highest BCUT2D eigenvalue weighted by Gasteiger charge is 2.19.